The third kappa shape index (κ3) is 6.01. The van der Waals surface area contributed by atoms with Gasteiger partial charge in [0, 0.05) is 17.9 Å². The van der Waals surface area contributed by atoms with Gasteiger partial charge in [-0.3, -0.25) is 9.59 Å². The summed E-state index contributed by atoms with van der Waals surface area (Å²) in [5.41, 5.74) is 6.11. The van der Waals surface area contributed by atoms with Gasteiger partial charge in [-0.25, -0.2) is 0 Å². The molecule has 1 aromatic heterocycles. The molecule has 194 valence electrons. The number of anilines is 1. The Morgan fingerprint density at radius 3 is 2.39 bits per heavy atom. The van der Waals surface area contributed by atoms with Crippen molar-refractivity contribution in [3.8, 4) is 6.07 Å². The molecular weight excluding hydrogens is 496 g/mol. The second-order valence-electron chi connectivity index (χ2n) is 9.25. The molecule has 2 amide bonds. The summed E-state index contributed by atoms with van der Waals surface area (Å²) in [7, 11) is 0. The van der Waals surface area contributed by atoms with Gasteiger partial charge in [-0.05, 0) is 56.5 Å². The smallest absolute Gasteiger partial charge is 0.254 e. The number of hydrogen-bond donors (Lipinski definition) is 3. The van der Waals surface area contributed by atoms with E-state index in [-0.39, 0.29) is 17.6 Å². The van der Waals surface area contributed by atoms with Gasteiger partial charge in [-0.2, -0.15) is 5.26 Å². The predicted molar refractivity (Wildman–Crippen MR) is 150 cm³/mol. The van der Waals surface area contributed by atoms with Crippen LogP contribution < -0.4 is 16.0 Å². The van der Waals surface area contributed by atoms with Crippen molar-refractivity contribution < 1.29 is 14.0 Å². The zero-order valence-corrected chi connectivity index (χ0v) is 22.7. The molecule has 0 radical (unpaired) electrons. The highest BCUT2D eigenvalue weighted by Gasteiger charge is 2.36. The lowest BCUT2D eigenvalue weighted by Crippen LogP contribution is -2.31. The highest BCUT2D eigenvalue weighted by atomic mass is 32.2. The monoisotopic (exact) mass is 526 g/mol. The lowest BCUT2D eigenvalue weighted by molar-refractivity contribution is -0.118. The second kappa shape index (κ2) is 11.9. The zero-order valence-electron chi connectivity index (χ0n) is 21.8. The number of benzene rings is 2. The Bertz CT molecular complexity index is 1430. The van der Waals surface area contributed by atoms with Gasteiger partial charge in [-0.15, -0.1) is 0 Å². The maximum Gasteiger partial charge on any atom is 0.254 e. The summed E-state index contributed by atoms with van der Waals surface area (Å²) in [6, 6.07) is 19.4. The molecule has 0 saturated heterocycles. The van der Waals surface area contributed by atoms with E-state index in [1.807, 2.05) is 63.2 Å². The summed E-state index contributed by atoms with van der Waals surface area (Å²) in [4.78, 5) is 26.2. The summed E-state index contributed by atoms with van der Waals surface area (Å²) in [6.07, 6.45) is 1.52. The number of furan rings is 1. The van der Waals surface area contributed by atoms with Crippen LogP contribution in [0.5, 0.6) is 0 Å². The van der Waals surface area contributed by atoms with Crippen molar-refractivity contribution in [2.24, 2.45) is 0 Å². The lowest BCUT2D eigenvalue weighted by atomic mass is 9.85. The maximum atomic E-state index is 13.7. The largest absolute Gasteiger partial charge is 0.468 e. The van der Waals surface area contributed by atoms with E-state index in [1.54, 1.807) is 19.1 Å². The molecular formula is C30H30N4O3S. The minimum absolute atomic E-state index is 0.113. The Morgan fingerprint density at radius 2 is 1.76 bits per heavy atom. The van der Waals surface area contributed by atoms with Crippen LogP contribution in [0.25, 0.3) is 0 Å². The van der Waals surface area contributed by atoms with E-state index in [2.05, 4.69) is 22.0 Å². The van der Waals surface area contributed by atoms with Crippen LogP contribution in [0, 0.1) is 32.1 Å². The number of nitrogens with zero attached hydrogens (tertiary/aromatic N) is 1. The number of amides is 2. The number of nitrogens with one attached hydrogen (secondary N) is 3. The fourth-order valence-electron chi connectivity index (χ4n) is 4.61. The fraction of sp³-hybridized carbons (Fsp3) is 0.233. The van der Waals surface area contributed by atoms with E-state index >= 15 is 0 Å². The van der Waals surface area contributed by atoms with E-state index in [4.69, 9.17) is 4.42 Å². The molecule has 0 aliphatic carbocycles. The first kappa shape index (κ1) is 26.8. The molecule has 7 nitrogen and oxygen atoms in total. The van der Waals surface area contributed by atoms with Crippen molar-refractivity contribution in [3.63, 3.8) is 0 Å². The lowest BCUT2D eigenvalue weighted by Gasteiger charge is -2.28. The number of dihydropyridines is 1. The topological polar surface area (TPSA) is 107 Å². The van der Waals surface area contributed by atoms with Crippen LogP contribution in [0.4, 0.5) is 5.69 Å². The van der Waals surface area contributed by atoms with Gasteiger partial charge in [0.2, 0.25) is 5.91 Å². The van der Waals surface area contributed by atoms with Gasteiger partial charge in [-0.1, -0.05) is 59.8 Å². The number of rotatable bonds is 8. The van der Waals surface area contributed by atoms with Gasteiger partial charge in [0.25, 0.3) is 5.91 Å². The third-order valence-electron chi connectivity index (χ3n) is 6.32. The minimum atomic E-state index is -0.711. The van der Waals surface area contributed by atoms with Crippen LogP contribution in [0.2, 0.25) is 0 Å². The quantitative estimate of drug-likeness (QED) is 0.353. The molecule has 38 heavy (non-hydrogen) atoms. The standard InChI is InChI=1S/C30H30N4O3S/c1-18-13-19(2)28(20(3)14-18)34-29(36)26-21(4)33-30(23(15-31)27(26)24-11-8-12-37-24)38-17-25(35)32-16-22-9-6-5-7-10-22/h5-14,27,33H,16-17H2,1-4H3,(H,32,35)(H,34,36)/t27-/m0/s1. The molecule has 1 aliphatic rings. The summed E-state index contributed by atoms with van der Waals surface area (Å²) >= 11 is 1.23. The van der Waals surface area contributed by atoms with Crippen molar-refractivity contribution in [1.29, 1.82) is 5.26 Å². The Labute approximate surface area is 227 Å². The first-order valence-corrected chi connectivity index (χ1v) is 13.2. The molecule has 2 heterocycles. The van der Waals surface area contributed by atoms with Crippen LogP contribution >= 0.6 is 11.8 Å². The summed E-state index contributed by atoms with van der Waals surface area (Å²) in [5.74, 6) is -0.588. The number of hydrogen-bond acceptors (Lipinski definition) is 6. The molecule has 1 atom stereocenters. The van der Waals surface area contributed by atoms with Gasteiger partial charge < -0.3 is 20.4 Å². The average Bonchev–Trinajstić information content (AvgIpc) is 3.43. The van der Waals surface area contributed by atoms with Crippen molar-refractivity contribution in [2.45, 2.75) is 40.2 Å². The Hall–Kier alpha value is -4.22. The Kier molecular flexibility index (Phi) is 8.39. The van der Waals surface area contributed by atoms with E-state index < -0.39 is 5.92 Å². The maximum absolute atomic E-state index is 13.7. The summed E-state index contributed by atoms with van der Waals surface area (Å²) < 4.78 is 5.69. The van der Waals surface area contributed by atoms with Crippen LogP contribution in [0.15, 0.2) is 87.1 Å². The van der Waals surface area contributed by atoms with Crippen LogP contribution in [-0.4, -0.2) is 17.6 Å². The number of thioether (sulfide) groups is 1. The van der Waals surface area contributed by atoms with Gasteiger partial charge >= 0.3 is 0 Å². The average molecular weight is 527 g/mol. The van der Waals surface area contributed by atoms with Crippen LogP contribution in [0.3, 0.4) is 0 Å². The first-order chi connectivity index (χ1) is 18.3. The van der Waals surface area contributed by atoms with Gasteiger partial charge in [0.15, 0.2) is 0 Å². The van der Waals surface area contributed by atoms with Crippen LogP contribution in [0.1, 0.15) is 40.9 Å². The van der Waals surface area contributed by atoms with Crippen molar-refractivity contribution >= 4 is 29.3 Å². The number of allylic oxidation sites excluding steroid dienone is 2. The molecule has 0 bridgehead atoms. The van der Waals surface area contributed by atoms with Crippen molar-refractivity contribution in [1.82, 2.24) is 10.6 Å². The molecule has 3 aromatic rings. The highest BCUT2D eigenvalue weighted by molar-refractivity contribution is 8.03. The normalized spacial score (nSPS) is 15.1. The Balaban J connectivity index is 1.57. The molecule has 2 aromatic carbocycles. The molecule has 0 saturated carbocycles. The molecule has 4 rings (SSSR count). The van der Waals surface area contributed by atoms with Crippen LogP contribution in [-0.2, 0) is 16.1 Å². The van der Waals surface area contributed by atoms with Crippen molar-refractivity contribution in [2.75, 3.05) is 11.1 Å². The number of aryl methyl sites for hydroxylation is 3. The van der Waals surface area contributed by atoms with Crippen molar-refractivity contribution in [3.05, 3.63) is 111 Å². The zero-order chi connectivity index (χ0) is 27.2. The van der Waals surface area contributed by atoms with E-state index in [9.17, 15) is 14.9 Å². The molecule has 1 aliphatic heterocycles. The van der Waals surface area contributed by atoms with Gasteiger partial charge in [0.1, 0.15) is 5.76 Å². The predicted octanol–water partition coefficient (Wildman–Crippen LogP) is 5.59. The number of carbonyl (C=O) groups excluding carboxylic acids is 2. The molecule has 0 fully saturated rings. The second-order valence-corrected chi connectivity index (χ2v) is 10.2. The summed E-state index contributed by atoms with van der Waals surface area (Å²) in [5, 5.41) is 19.9. The molecule has 0 unspecified atom stereocenters. The number of carbonyl (C=O) groups is 2. The molecule has 3 N–H and O–H groups in total. The number of nitriles is 1. The SMILES string of the molecule is CC1=C(C(=O)Nc2c(C)cc(C)cc2C)[C@H](c2ccco2)C(C#N)=C(SCC(=O)NCc2ccccc2)N1. The Morgan fingerprint density at radius 1 is 1.05 bits per heavy atom. The van der Waals surface area contributed by atoms with E-state index in [0.29, 0.717) is 34.2 Å². The van der Waals surface area contributed by atoms with E-state index in [1.165, 1.54) is 18.0 Å². The fourth-order valence-corrected chi connectivity index (χ4v) is 5.53. The molecule has 0 spiro atoms. The van der Waals surface area contributed by atoms with Gasteiger partial charge in [0.05, 0.1) is 40.2 Å². The minimum Gasteiger partial charge on any atom is -0.468 e. The highest BCUT2D eigenvalue weighted by Crippen LogP contribution is 2.41. The molecule has 8 heteroatoms. The third-order valence-corrected chi connectivity index (χ3v) is 7.33. The summed E-state index contributed by atoms with van der Waals surface area (Å²) in [6.45, 7) is 8.15. The van der Waals surface area contributed by atoms with E-state index in [0.717, 1.165) is 27.9 Å². The first-order valence-electron chi connectivity index (χ1n) is 12.3.